The summed E-state index contributed by atoms with van der Waals surface area (Å²) in [6.45, 7) is 0. The lowest BCUT2D eigenvalue weighted by Gasteiger charge is -1.84. The highest BCUT2D eigenvalue weighted by Crippen LogP contribution is 2.03. The van der Waals surface area contributed by atoms with E-state index < -0.39 is 0 Å². The molecule has 6 heteroatoms. The molecule has 10 heavy (non-hydrogen) atoms. The molecule has 50 valence electrons. The number of nitrogens with zero attached hydrogens (tertiary/aromatic N) is 5. The number of hydrogen-bond donors (Lipinski definition) is 0. The predicted molar refractivity (Wildman–Crippen MR) is 41.3 cm³/mol. The molecule has 0 radical (unpaired) electrons. The van der Waals surface area contributed by atoms with Gasteiger partial charge in [0.1, 0.15) is 0 Å². The Morgan fingerprint density at radius 1 is 1.40 bits per heavy atom. The standard InChI is InChI=1S/C4H2IN5/c5-3-4-8-6-1-2-10(4)9-7-3/h1-2H. The fourth-order valence-corrected chi connectivity index (χ4v) is 1.09. The molecule has 0 aliphatic rings. The fourth-order valence-electron chi connectivity index (χ4n) is 0.638. The van der Waals surface area contributed by atoms with Crippen LogP contribution in [0.3, 0.4) is 0 Å². The Hall–Kier alpha value is -0.790. The monoisotopic (exact) mass is 247 g/mol. The Morgan fingerprint density at radius 2 is 2.30 bits per heavy atom. The van der Waals surface area contributed by atoms with Crippen LogP contribution in [0.5, 0.6) is 0 Å². The molecule has 0 aromatic carbocycles. The maximum absolute atomic E-state index is 3.82. The van der Waals surface area contributed by atoms with Crippen LogP contribution in [-0.4, -0.2) is 25.0 Å². The summed E-state index contributed by atoms with van der Waals surface area (Å²) >= 11 is 2.06. The zero-order valence-corrected chi connectivity index (χ0v) is 6.93. The molecule has 0 atom stereocenters. The van der Waals surface area contributed by atoms with Crippen LogP contribution in [0.15, 0.2) is 12.4 Å². The summed E-state index contributed by atoms with van der Waals surface area (Å²) in [5.41, 5.74) is 0.697. The molecule has 2 aromatic heterocycles. The highest BCUT2D eigenvalue weighted by Gasteiger charge is 2.00. The van der Waals surface area contributed by atoms with E-state index in [4.69, 9.17) is 0 Å². The van der Waals surface area contributed by atoms with Gasteiger partial charge in [-0.2, -0.15) is 9.61 Å². The van der Waals surface area contributed by atoms with Crippen LogP contribution in [0.2, 0.25) is 0 Å². The first-order valence-corrected chi connectivity index (χ1v) is 3.64. The SMILES string of the molecule is Ic1nnn2ccnnc12. The first kappa shape index (κ1) is 5.96. The molecule has 2 heterocycles. The average molecular weight is 247 g/mol. The molecule has 0 saturated carbocycles. The van der Waals surface area contributed by atoms with Crippen LogP contribution in [-0.2, 0) is 0 Å². The predicted octanol–water partition coefficient (Wildman–Crippen LogP) is 0.124. The van der Waals surface area contributed by atoms with Crippen LogP contribution in [0.1, 0.15) is 0 Å². The quantitative estimate of drug-likeness (QED) is 0.620. The zero-order chi connectivity index (χ0) is 6.97. The van der Waals surface area contributed by atoms with Crippen molar-refractivity contribution < 1.29 is 0 Å². The minimum Gasteiger partial charge on any atom is -0.198 e. The summed E-state index contributed by atoms with van der Waals surface area (Å²) < 4.78 is 2.35. The molecule has 2 aromatic rings. The highest BCUT2D eigenvalue weighted by atomic mass is 127. The van der Waals surface area contributed by atoms with E-state index in [0.29, 0.717) is 5.65 Å². The molecule has 0 spiro atoms. The van der Waals surface area contributed by atoms with Crippen molar-refractivity contribution in [3.05, 3.63) is 16.1 Å². The van der Waals surface area contributed by atoms with Crippen molar-refractivity contribution in [2.45, 2.75) is 0 Å². The lowest BCUT2D eigenvalue weighted by Crippen LogP contribution is -1.90. The first-order valence-electron chi connectivity index (χ1n) is 2.56. The van der Waals surface area contributed by atoms with Gasteiger partial charge in [0.2, 0.25) is 5.65 Å². The maximum atomic E-state index is 3.82. The van der Waals surface area contributed by atoms with Crippen LogP contribution >= 0.6 is 22.6 Å². The molecule has 0 saturated heterocycles. The van der Waals surface area contributed by atoms with Crippen molar-refractivity contribution in [3.8, 4) is 0 Å². The lowest BCUT2D eigenvalue weighted by molar-refractivity contribution is 0.824. The molecule has 2 rings (SSSR count). The minimum absolute atomic E-state index is 0.697. The summed E-state index contributed by atoms with van der Waals surface area (Å²) in [4.78, 5) is 0. The van der Waals surface area contributed by atoms with Gasteiger partial charge in [-0.3, -0.25) is 0 Å². The zero-order valence-electron chi connectivity index (χ0n) is 4.77. The molecular formula is C4H2IN5. The smallest absolute Gasteiger partial charge is 0.198 e. The molecular weight excluding hydrogens is 245 g/mol. The van der Waals surface area contributed by atoms with Crippen molar-refractivity contribution in [2.75, 3.05) is 0 Å². The van der Waals surface area contributed by atoms with E-state index in [1.165, 1.54) is 0 Å². The lowest BCUT2D eigenvalue weighted by atomic mass is 10.8. The molecule has 0 fully saturated rings. The Morgan fingerprint density at radius 3 is 3.10 bits per heavy atom. The van der Waals surface area contributed by atoms with Crippen LogP contribution in [0.25, 0.3) is 5.65 Å². The maximum Gasteiger partial charge on any atom is 0.211 e. The molecule has 0 N–H and O–H groups in total. The third-order valence-corrected chi connectivity index (χ3v) is 1.76. The molecule has 0 aliphatic heterocycles. The van der Waals surface area contributed by atoms with E-state index in [9.17, 15) is 0 Å². The number of halogens is 1. The average Bonchev–Trinajstić information content (AvgIpc) is 2.34. The normalized spacial score (nSPS) is 10.5. The van der Waals surface area contributed by atoms with E-state index in [0.717, 1.165) is 3.70 Å². The number of rotatable bonds is 0. The molecule has 0 unspecified atom stereocenters. The minimum atomic E-state index is 0.697. The summed E-state index contributed by atoms with van der Waals surface area (Å²) in [6.07, 6.45) is 3.27. The molecule has 5 nitrogen and oxygen atoms in total. The largest absolute Gasteiger partial charge is 0.211 e. The van der Waals surface area contributed by atoms with Gasteiger partial charge in [-0.1, -0.05) is 5.21 Å². The van der Waals surface area contributed by atoms with E-state index in [-0.39, 0.29) is 0 Å². The Labute approximate surface area is 69.6 Å². The number of fused-ring (bicyclic) bond motifs is 1. The second kappa shape index (κ2) is 2.11. The van der Waals surface area contributed by atoms with Crippen molar-refractivity contribution in [1.82, 2.24) is 25.0 Å². The summed E-state index contributed by atoms with van der Waals surface area (Å²) in [7, 11) is 0. The van der Waals surface area contributed by atoms with Gasteiger partial charge in [-0.25, -0.2) is 0 Å². The second-order valence-corrected chi connectivity index (χ2v) is 2.68. The van der Waals surface area contributed by atoms with Gasteiger partial charge < -0.3 is 0 Å². The summed E-state index contributed by atoms with van der Waals surface area (Å²) in [5, 5.41) is 15.1. The van der Waals surface area contributed by atoms with E-state index in [2.05, 4.69) is 43.1 Å². The van der Waals surface area contributed by atoms with Gasteiger partial charge in [0, 0.05) is 0 Å². The van der Waals surface area contributed by atoms with Gasteiger partial charge in [0.25, 0.3) is 0 Å². The van der Waals surface area contributed by atoms with E-state index >= 15 is 0 Å². The number of aromatic nitrogens is 5. The fraction of sp³-hybridized carbons (Fsp3) is 0. The summed E-state index contributed by atoms with van der Waals surface area (Å²) in [5.74, 6) is 0. The van der Waals surface area contributed by atoms with Crippen molar-refractivity contribution in [3.63, 3.8) is 0 Å². The Kier molecular flexibility index (Phi) is 1.26. The summed E-state index contributed by atoms with van der Waals surface area (Å²) in [6, 6.07) is 0. The topological polar surface area (TPSA) is 56.0 Å². The highest BCUT2D eigenvalue weighted by molar-refractivity contribution is 14.1. The second-order valence-electron chi connectivity index (χ2n) is 1.66. The third-order valence-electron chi connectivity index (χ3n) is 1.06. The van der Waals surface area contributed by atoms with Gasteiger partial charge >= 0.3 is 0 Å². The van der Waals surface area contributed by atoms with Gasteiger partial charge in [0.15, 0.2) is 3.70 Å². The first-order chi connectivity index (χ1) is 4.88. The van der Waals surface area contributed by atoms with Gasteiger partial charge in [-0.15, -0.1) is 10.2 Å². The Bertz CT molecular complexity index is 355. The number of hydrogen-bond acceptors (Lipinski definition) is 4. The Balaban J connectivity index is 2.93. The van der Waals surface area contributed by atoms with Gasteiger partial charge in [0.05, 0.1) is 12.4 Å². The molecule has 0 amide bonds. The molecule has 0 aliphatic carbocycles. The van der Waals surface area contributed by atoms with Crippen molar-refractivity contribution in [2.24, 2.45) is 0 Å². The molecule has 0 bridgehead atoms. The van der Waals surface area contributed by atoms with Crippen molar-refractivity contribution >= 4 is 28.2 Å². The van der Waals surface area contributed by atoms with Gasteiger partial charge in [-0.05, 0) is 22.6 Å². The van der Waals surface area contributed by atoms with Crippen LogP contribution < -0.4 is 0 Å². The van der Waals surface area contributed by atoms with E-state index in [1.54, 1.807) is 16.9 Å². The third kappa shape index (κ3) is 0.753. The van der Waals surface area contributed by atoms with Crippen LogP contribution in [0.4, 0.5) is 0 Å². The van der Waals surface area contributed by atoms with Crippen molar-refractivity contribution in [1.29, 1.82) is 0 Å². The van der Waals surface area contributed by atoms with E-state index in [1.807, 2.05) is 0 Å². The van der Waals surface area contributed by atoms with Crippen LogP contribution in [0, 0.1) is 3.70 Å².